The van der Waals surface area contributed by atoms with Gasteiger partial charge in [-0.05, 0) is 60.7 Å². The number of carbonyl (C=O) groups excluding carboxylic acids is 1. The van der Waals surface area contributed by atoms with Gasteiger partial charge in [0.05, 0.1) is 21.0 Å². The highest BCUT2D eigenvalue weighted by molar-refractivity contribution is 6.42. The Bertz CT molecular complexity index is 1650. The largest absolute Gasteiger partial charge is 0.507 e. The van der Waals surface area contributed by atoms with Crippen molar-refractivity contribution in [3.63, 3.8) is 0 Å². The van der Waals surface area contributed by atoms with Gasteiger partial charge < -0.3 is 24.8 Å². The van der Waals surface area contributed by atoms with Gasteiger partial charge in [0.2, 0.25) is 0 Å². The predicted molar refractivity (Wildman–Crippen MR) is 169 cm³/mol. The van der Waals surface area contributed by atoms with E-state index in [0.29, 0.717) is 44.2 Å². The number of aromatic hydroxyl groups is 1. The van der Waals surface area contributed by atoms with Crippen LogP contribution in [-0.4, -0.2) is 34.0 Å². The quantitative estimate of drug-likeness (QED) is 0.213. The van der Waals surface area contributed by atoms with Gasteiger partial charge in [-0.15, -0.1) is 0 Å². The van der Waals surface area contributed by atoms with Crippen LogP contribution >= 0.6 is 34.8 Å². The summed E-state index contributed by atoms with van der Waals surface area (Å²) in [6, 6.07) is 14.3. The van der Waals surface area contributed by atoms with Crippen LogP contribution in [0.1, 0.15) is 54.5 Å². The molecule has 0 aromatic heterocycles. The van der Waals surface area contributed by atoms with Crippen LogP contribution in [0, 0.1) is 25.7 Å². The molecule has 0 bridgehead atoms. The van der Waals surface area contributed by atoms with Gasteiger partial charge in [0, 0.05) is 29.0 Å². The summed E-state index contributed by atoms with van der Waals surface area (Å²) < 4.78 is 13.1. The lowest BCUT2D eigenvalue weighted by molar-refractivity contribution is -0.140. The fourth-order valence-corrected chi connectivity index (χ4v) is 6.84. The molecule has 3 aromatic carbocycles. The smallest absolute Gasteiger partial charge is 0.145 e. The number of phenolic OH excluding ortho intramolecular Hbond substituents is 1. The van der Waals surface area contributed by atoms with E-state index in [1.165, 1.54) is 0 Å². The van der Waals surface area contributed by atoms with E-state index in [4.69, 9.17) is 44.3 Å². The molecule has 3 N–H and O–H groups in total. The molecule has 5 rings (SSSR count). The molecule has 2 aliphatic rings. The minimum Gasteiger partial charge on any atom is -0.507 e. The van der Waals surface area contributed by atoms with E-state index in [1.807, 2.05) is 57.2 Å². The summed E-state index contributed by atoms with van der Waals surface area (Å²) in [5.41, 5.74) is 2.43. The van der Waals surface area contributed by atoms with Crippen molar-refractivity contribution in [2.75, 3.05) is 6.79 Å². The summed E-state index contributed by atoms with van der Waals surface area (Å²) in [6.07, 6.45) is 1.51. The van der Waals surface area contributed by atoms with Crippen molar-refractivity contribution in [3.05, 3.63) is 109 Å². The van der Waals surface area contributed by atoms with Gasteiger partial charge in [0.25, 0.3) is 0 Å². The van der Waals surface area contributed by atoms with Gasteiger partial charge in [0.15, 0.2) is 0 Å². The van der Waals surface area contributed by atoms with Crippen molar-refractivity contribution in [2.24, 2.45) is 11.8 Å². The van der Waals surface area contributed by atoms with Gasteiger partial charge in [-0.1, -0.05) is 85.1 Å². The SMILES string of the molecule is Cc1cc(Cl)c(Cl)cc1C1(OCO)c2cc(Cl)c(O)c(C)c2OC2C(c3ccccc3)=C(O)C(CCC(=O)C(C)C)=CC21. The first-order valence-electron chi connectivity index (χ1n) is 14.0. The van der Waals surface area contributed by atoms with Crippen LogP contribution < -0.4 is 4.74 Å². The van der Waals surface area contributed by atoms with E-state index in [0.717, 1.165) is 5.56 Å². The van der Waals surface area contributed by atoms with E-state index in [-0.39, 0.29) is 46.1 Å². The van der Waals surface area contributed by atoms with E-state index in [9.17, 15) is 20.1 Å². The number of benzene rings is 3. The number of aryl methyl sites for hydroxylation is 1. The number of ether oxygens (including phenoxy) is 2. The minimum absolute atomic E-state index is 0.00653. The Hall–Kier alpha value is -3.00. The van der Waals surface area contributed by atoms with Crippen molar-refractivity contribution in [1.82, 2.24) is 0 Å². The van der Waals surface area contributed by atoms with Crippen LogP contribution in [0.15, 0.2) is 65.9 Å². The van der Waals surface area contributed by atoms with Gasteiger partial charge in [0.1, 0.15) is 41.5 Å². The number of hydrogen-bond acceptors (Lipinski definition) is 6. The number of rotatable bonds is 8. The van der Waals surface area contributed by atoms with Crippen LogP contribution in [0.3, 0.4) is 0 Å². The number of ketones is 1. The second-order valence-electron chi connectivity index (χ2n) is 11.3. The Morgan fingerprint density at radius 3 is 2.30 bits per heavy atom. The molecule has 3 atom stereocenters. The molecular formula is C34H33Cl3O6. The molecule has 0 radical (unpaired) electrons. The van der Waals surface area contributed by atoms with Crippen molar-refractivity contribution in [3.8, 4) is 11.5 Å². The number of aliphatic hydroxyl groups excluding tert-OH is 2. The molecule has 0 saturated heterocycles. The van der Waals surface area contributed by atoms with Crippen LogP contribution in [0.4, 0.5) is 0 Å². The van der Waals surface area contributed by atoms with Crippen LogP contribution in [0.25, 0.3) is 5.57 Å². The number of hydrogen-bond donors (Lipinski definition) is 3. The van der Waals surface area contributed by atoms with Crippen molar-refractivity contribution in [1.29, 1.82) is 0 Å². The van der Waals surface area contributed by atoms with Crippen molar-refractivity contribution < 1.29 is 29.6 Å². The third-order valence-electron chi connectivity index (χ3n) is 8.43. The fourth-order valence-electron chi connectivity index (χ4n) is 6.21. The maximum absolute atomic E-state index is 12.7. The first kappa shape index (κ1) is 31.4. The monoisotopic (exact) mass is 642 g/mol. The minimum atomic E-state index is -1.47. The van der Waals surface area contributed by atoms with Gasteiger partial charge in [-0.25, -0.2) is 0 Å². The Morgan fingerprint density at radius 1 is 1.00 bits per heavy atom. The average Bonchev–Trinajstić information content (AvgIpc) is 2.97. The highest BCUT2D eigenvalue weighted by Gasteiger charge is 2.56. The van der Waals surface area contributed by atoms with E-state index >= 15 is 0 Å². The zero-order valence-electron chi connectivity index (χ0n) is 24.2. The lowest BCUT2D eigenvalue weighted by Crippen LogP contribution is -2.52. The first-order chi connectivity index (χ1) is 20.4. The molecule has 6 nitrogen and oxygen atoms in total. The molecule has 1 aliphatic heterocycles. The number of halogens is 3. The summed E-state index contributed by atoms with van der Waals surface area (Å²) >= 11 is 19.6. The average molecular weight is 644 g/mol. The molecule has 1 heterocycles. The Morgan fingerprint density at radius 2 is 1.65 bits per heavy atom. The number of phenols is 1. The summed E-state index contributed by atoms with van der Waals surface area (Å²) in [6.45, 7) is 6.54. The maximum Gasteiger partial charge on any atom is 0.145 e. The molecule has 0 saturated carbocycles. The lowest BCUT2D eigenvalue weighted by atomic mass is 9.65. The lowest BCUT2D eigenvalue weighted by Gasteiger charge is -2.50. The zero-order valence-corrected chi connectivity index (χ0v) is 26.5. The fraction of sp³-hybridized carbons (Fsp3) is 0.324. The molecule has 3 aromatic rings. The summed E-state index contributed by atoms with van der Waals surface area (Å²) in [4.78, 5) is 12.7. The summed E-state index contributed by atoms with van der Waals surface area (Å²) in [5, 5.41) is 33.9. The molecular weight excluding hydrogens is 611 g/mol. The third kappa shape index (κ3) is 5.34. The highest BCUT2D eigenvalue weighted by Crippen LogP contribution is 2.59. The normalized spacial score (nSPS) is 21.3. The standard InChI is InChI=1S/C34H33Cl3O6/c1-17(2)28(39)11-10-21-13-23-33(29(31(21)41)20-8-6-5-7-9-20)43-32-19(4)30(40)27(37)15-24(32)34(23,42-16-38)22-14-26(36)25(35)12-18(22)3/h5-9,12-15,17,23,33,38,40-41H,10-11,16H2,1-4H3. The third-order valence-corrected chi connectivity index (χ3v) is 9.44. The Kier molecular flexibility index (Phi) is 8.90. The molecule has 226 valence electrons. The van der Waals surface area contributed by atoms with E-state index in [1.54, 1.807) is 25.1 Å². The number of allylic oxidation sites excluding steroid dienone is 1. The molecule has 0 spiro atoms. The summed E-state index contributed by atoms with van der Waals surface area (Å²) in [7, 11) is 0. The predicted octanol–water partition coefficient (Wildman–Crippen LogP) is 8.47. The van der Waals surface area contributed by atoms with Crippen molar-refractivity contribution >= 4 is 46.2 Å². The topological polar surface area (TPSA) is 96.2 Å². The molecule has 43 heavy (non-hydrogen) atoms. The van der Waals surface area contributed by atoms with Gasteiger partial charge in [-0.3, -0.25) is 4.79 Å². The number of aliphatic hydroxyl groups is 2. The highest BCUT2D eigenvalue weighted by atomic mass is 35.5. The second kappa shape index (κ2) is 12.2. The first-order valence-corrected chi connectivity index (χ1v) is 15.2. The molecule has 0 fully saturated rings. The van der Waals surface area contributed by atoms with Crippen LogP contribution in [-0.2, 0) is 15.1 Å². The van der Waals surface area contributed by atoms with Gasteiger partial charge >= 0.3 is 0 Å². The van der Waals surface area contributed by atoms with Crippen molar-refractivity contribution in [2.45, 2.75) is 52.2 Å². The van der Waals surface area contributed by atoms with Crippen LogP contribution in [0.5, 0.6) is 11.5 Å². The Balaban J connectivity index is 1.88. The molecule has 9 heteroatoms. The molecule has 1 aliphatic carbocycles. The summed E-state index contributed by atoms with van der Waals surface area (Å²) in [5.74, 6) is -0.634. The number of Topliss-reactive ketones (excluding diaryl/α,β-unsaturated/α-hetero) is 1. The second-order valence-corrected chi connectivity index (χ2v) is 12.5. The number of fused-ring (bicyclic) bond motifs is 2. The molecule has 0 amide bonds. The maximum atomic E-state index is 12.7. The number of carbonyl (C=O) groups is 1. The van der Waals surface area contributed by atoms with Gasteiger partial charge in [-0.2, -0.15) is 0 Å². The van der Waals surface area contributed by atoms with E-state index < -0.39 is 24.4 Å². The Labute approximate surface area is 266 Å². The van der Waals surface area contributed by atoms with E-state index in [2.05, 4.69) is 0 Å². The molecule has 3 unspecified atom stereocenters. The van der Waals surface area contributed by atoms with Crippen LogP contribution in [0.2, 0.25) is 15.1 Å². The zero-order chi connectivity index (χ0) is 31.2.